The van der Waals surface area contributed by atoms with Crippen LogP contribution in [0.15, 0.2) is 71.9 Å². The van der Waals surface area contributed by atoms with E-state index < -0.39 is 0 Å². The number of benzene rings is 2. The van der Waals surface area contributed by atoms with Crippen molar-refractivity contribution in [3.8, 4) is 23.0 Å². The summed E-state index contributed by atoms with van der Waals surface area (Å²) in [5, 5.41) is 43.7. The molecule has 284 valence electrons. The van der Waals surface area contributed by atoms with Crippen molar-refractivity contribution in [2.75, 3.05) is 13.2 Å². The molecule has 0 unspecified atom stereocenters. The molecule has 0 aromatic heterocycles. The van der Waals surface area contributed by atoms with Crippen LogP contribution in [0.4, 0.5) is 0 Å². The molecule has 4 rings (SSSR count). The first kappa shape index (κ1) is 40.6. The summed E-state index contributed by atoms with van der Waals surface area (Å²) in [5.74, 6) is 0.843. The predicted molar refractivity (Wildman–Crippen MR) is 207 cm³/mol. The molecule has 2 aliphatic rings. The summed E-state index contributed by atoms with van der Waals surface area (Å²) >= 11 is 0. The van der Waals surface area contributed by atoms with Crippen molar-refractivity contribution >= 4 is 0 Å². The van der Waals surface area contributed by atoms with E-state index in [1.807, 2.05) is 13.8 Å². The van der Waals surface area contributed by atoms with Gasteiger partial charge in [0.1, 0.15) is 27.9 Å². The molecule has 0 saturated carbocycles. The number of phenols is 4. The van der Waals surface area contributed by atoms with Gasteiger partial charge in [0.2, 0.25) is 0 Å². The Kier molecular flexibility index (Phi) is 15.3. The van der Waals surface area contributed by atoms with Crippen LogP contribution in [-0.2, 0) is 22.5 Å². The van der Waals surface area contributed by atoms with E-state index in [-0.39, 0.29) is 65.0 Å². The molecule has 8 nitrogen and oxygen atoms in total. The molecule has 8 heteroatoms. The number of unbranched alkanes of at least 4 members (excludes halogenated alkanes) is 6. The van der Waals surface area contributed by atoms with Crippen LogP contribution >= 0.6 is 0 Å². The molecule has 0 amide bonds. The third-order valence-corrected chi connectivity index (χ3v) is 10.9. The zero-order valence-electron chi connectivity index (χ0n) is 32.0. The van der Waals surface area contributed by atoms with Crippen LogP contribution in [0.5, 0.6) is 23.0 Å². The van der Waals surface area contributed by atoms with E-state index in [1.165, 1.54) is 11.1 Å². The largest absolute Gasteiger partial charge is 0.507 e. The topological polar surface area (TPSA) is 119 Å². The Morgan fingerprint density at radius 2 is 0.981 bits per heavy atom. The van der Waals surface area contributed by atoms with Crippen molar-refractivity contribution in [2.24, 2.45) is 11.8 Å². The van der Waals surface area contributed by atoms with Gasteiger partial charge in [0.15, 0.2) is 13.2 Å². The normalized spacial score (nSPS) is 20.2. The van der Waals surface area contributed by atoms with Gasteiger partial charge in [0.25, 0.3) is 0 Å². The molecule has 0 aliphatic heterocycles. The monoisotopic (exact) mass is 716 g/mol. The van der Waals surface area contributed by atoms with E-state index in [0.717, 1.165) is 112 Å². The number of nitrogens with zero attached hydrogens (tertiary/aromatic N) is 1. The van der Waals surface area contributed by atoms with Gasteiger partial charge in [-0.15, -0.1) is 0 Å². The standard InChI is InChI=1S/C44H61NO7/c1-29(2)35-19-17-31(5)23-37(35)43-39(46)25-33(26-40(43)47)15-11-7-9-13-21-51-45(50)52-22-14-10-8-12-16-34-27-41(48)44(42(49)28-34)38-24-32(6)18-20-36(38)30(3)4/h23-28,35-38H,1,3,7-22H2,2,4-6H3,(H3-,46,47,48,49)/p+1/t35-,36-,37+,38+/m0/s1. The second-order valence-electron chi connectivity index (χ2n) is 15.4. The third-order valence-electron chi connectivity index (χ3n) is 10.9. The zero-order valence-corrected chi connectivity index (χ0v) is 32.0. The summed E-state index contributed by atoms with van der Waals surface area (Å²) in [5.41, 5.74) is 7.68. The van der Waals surface area contributed by atoms with E-state index in [1.54, 1.807) is 24.3 Å². The van der Waals surface area contributed by atoms with Crippen molar-refractivity contribution in [2.45, 2.75) is 129 Å². The zero-order chi connectivity index (χ0) is 37.8. The van der Waals surface area contributed by atoms with Gasteiger partial charge in [-0.3, -0.25) is 0 Å². The number of allylic oxidation sites excluding steroid dienone is 6. The minimum Gasteiger partial charge on any atom is -0.507 e. The number of hydrogen-bond donors (Lipinski definition) is 4. The highest BCUT2D eigenvalue weighted by Crippen LogP contribution is 2.48. The highest BCUT2D eigenvalue weighted by molar-refractivity contribution is 5.53. The Morgan fingerprint density at radius 1 is 0.635 bits per heavy atom. The minimum absolute atomic E-state index is 0.0670. The van der Waals surface area contributed by atoms with Crippen molar-refractivity contribution in [1.29, 1.82) is 0 Å². The second-order valence-corrected chi connectivity index (χ2v) is 15.4. The predicted octanol–water partition coefficient (Wildman–Crippen LogP) is 11.1. The quantitative estimate of drug-likeness (QED) is 0.0611. The summed E-state index contributed by atoms with van der Waals surface area (Å²) in [7, 11) is 0. The van der Waals surface area contributed by atoms with Crippen LogP contribution in [0.1, 0.15) is 139 Å². The molecule has 0 heterocycles. The van der Waals surface area contributed by atoms with Gasteiger partial charge >= 0.3 is 5.09 Å². The Bertz CT molecular complexity index is 1460. The second kappa shape index (κ2) is 19.6. The summed E-state index contributed by atoms with van der Waals surface area (Å²) < 4.78 is 0. The van der Waals surface area contributed by atoms with Crippen LogP contribution in [0.25, 0.3) is 0 Å². The first-order valence-corrected chi connectivity index (χ1v) is 19.3. The summed E-state index contributed by atoms with van der Waals surface area (Å²) in [6.07, 6.45) is 16.7. The van der Waals surface area contributed by atoms with E-state index in [0.29, 0.717) is 11.1 Å². The van der Waals surface area contributed by atoms with Crippen molar-refractivity contribution in [3.63, 3.8) is 0 Å². The first-order chi connectivity index (χ1) is 24.8. The van der Waals surface area contributed by atoms with Gasteiger partial charge in [-0.05, 0) is 152 Å². The fourth-order valence-electron chi connectivity index (χ4n) is 8.03. The van der Waals surface area contributed by atoms with Crippen molar-refractivity contribution < 1.29 is 35.2 Å². The molecule has 2 aromatic rings. The molecule has 4 atom stereocenters. The van der Waals surface area contributed by atoms with Crippen LogP contribution in [0.3, 0.4) is 0 Å². The fraction of sp³-hybridized carbons (Fsp3) is 0.545. The van der Waals surface area contributed by atoms with E-state index in [2.05, 4.69) is 39.2 Å². The van der Waals surface area contributed by atoms with E-state index >= 15 is 0 Å². The lowest BCUT2D eigenvalue weighted by Crippen LogP contribution is -2.17. The lowest BCUT2D eigenvalue weighted by atomic mass is 9.73. The number of aryl methyl sites for hydroxylation is 2. The molecule has 52 heavy (non-hydrogen) atoms. The fourth-order valence-corrected chi connectivity index (χ4v) is 8.03. The maximum absolute atomic E-state index is 11.9. The maximum atomic E-state index is 11.9. The average molecular weight is 717 g/mol. The summed E-state index contributed by atoms with van der Waals surface area (Å²) in [6, 6.07) is 7.12. The molecule has 2 aliphatic carbocycles. The van der Waals surface area contributed by atoms with Gasteiger partial charge < -0.3 is 20.4 Å². The molecule has 0 bridgehead atoms. The van der Waals surface area contributed by atoms with E-state index in [4.69, 9.17) is 9.68 Å². The van der Waals surface area contributed by atoms with Crippen LogP contribution < -0.4 is 0 Å². The van der Waals surface area contributed by atoms with Crippen molar-refractivity contribution in [1.82, 2.24) is 0 Å². The van der Waals surface area contributed by atoms with Gasteiger partial charge in [0.05, 0.1) is 0 Å². The molecule has 0 saturated heterocycles. The van der Waals surface area contributed by atoms with E-state index in [9.17, 15) is 25.3 Å². The van der Waals surface area contributed by atoms with Gasteiger partial charge in [0, 0.05) is 23.0 Å². The Balaban J connectivity index is 1.06. The van der Waals surface area contributed by atoms with Gasteiger partial charge in [-0.2, -0.15) is 9.68 Å². The SMILES string of the molecule is C=C(C)[C@@H]1CCC(C)=C[C@H]1c1c(O)cc(CCCCCCO[N+](=O)OCCCCCCc2cc(O)c([C@@H]3C=C(C)CC[C@H]3C(=C)C)c(O)c2)cc1O. The smallest absolute Gasteiger partial charge is 0.477 e. The van der Waals surface area contributed by atoms with Crippen LogP contribution in [0.2, 0.25) is 0 Å². The highest BCUT2D eigenvalue weighted by atomic mass is 17.0. The lowest BCUT2D eigenvalue weighted by molar-refractivity contribution is -0.981. The molecular formula is C44H62NO7+. The summed E-state index contributed by atoms with van der Waals surface area (Å²) in [4.78, 5) is 22.2. The van der Waals surface area contributed by atoms with Gasteiger partial charge in [-0.1, -0.05) is 60.4 Å². The molecule has 4 N–H and O–H groups in total. The molecule has 0 spiro atoms. The molecule has 2 aromatic carbocycles. The number of phenolic OH excluding ortho intramolecular Hbond substituents is 4. The maximum Gasteiger partial charge on any atom is 0.477 e. The highest BCUT2D eigenvalue weighted by Gasteiger charge is 2.31. The van der Waals surface area contributed by atoms with Crippen LogP contribution in [-0.4, -0.2) is 38.7 Å². The Morgan fingerprint density at radius 3 is 1.33 bits per heavy atom. The Labute approximate surface area is 311 Å². The molecule has 0 radical (unpaired) electrons. The minimum atomic E-state index is -0.0670. The molecule has 0 fully saturated rings. The molecular weight excluding hydrogens is 654 g/mol. The average Bonchev–Trinajstić information content (AvgIpc) is 3.06. The summed E-state index contributed by atoms with van der Waals surface area (Å²) in [6.45, 7) is 17.1. The van der Waals surface area contributed by atoms with Gasteiger partial charge in [-0.25, -0.2) is 0 Å². The third kappa shape index (κ3) is 11.4. The number of hydrogen-bond acceptors (Lipinski definition) is 7. The van der Waals surface area contributed by atoms with Crippen molar-refractivity contribution in [3.05, 3.63) is 99.0 Å². The Hall–Kier alpha value is -4.20. The lowest BCUT2D eigenvalue weighted by Gasteiger charge is -2.31. The van der Waals surface area contributed by atoms with Crippen LogP contribution in [0, 0.1) is 16.7 Å². The number of rotatable bonds is 20. The number of aromatic hydroxyl groups is 4. The first-order valence-electron chi connectivity index (χ1n) is 19.3.